The lowest BCUT2D eigenvalue weighted by Gasteiger charge is -2.25. The second kappa shape index (κ2) is 5.65. The van der Waals surface area contributed by atoms with Gasteiger partial charge in [-0.2, -0.15) is 5.10 Å². The van der Waals surface area contributed by atoms with Crippen molar-refractivity contribution in [1.82, 2.24) is 15.1 Å². The quantitative estimate of drug-likeness (QED) is 0.743. The van der Waals surface area contributed by atoms with Crippen LogP contribution in [0, 0.1) is 0 Å². The van der Waals surface area contributed by atoms with Crippen LogP contribution < -0.4 is 5.32 Å². The van der Waals surface area contributed by atoms with E-state index in [2.05, 4.69) is 10.4 Å². The van der Waals surface area contributed by atoms with Gasteiger partial charge >= 0.3 is 0 Å². The highest BCUT2D eigenvalue weighted by Crippen LogP contribution is 2.12. The van der Waals surface area contributed by atoms with E-state index in [0.29, 0.717) is 19.4 Å². The lowest BCUT2D eigenvalue weighted by atomic mass is 9.98. The predicted octanol–water partition coefficient (Wildman–Crippen LogP) is 0.550. The van der Waals surface area contributed by atoms with Crippen LogP contribution in [0.4, 0.5) is 0 Å². The van der Waals surface area contributed by atoms with E-state index in [1.165, 1.54) is 0 Å². The van der Waals surface area contributed by atoms with Crippen LogP contribution in [0.1, 0.15) is 26.7 Å². The summed E-state index contributed by atoms with van der Waals surface area (Å²) in [6.45, 7) is 4.29. The SMILES string of the molecule is CCC(O)(CC)CNC(=O)Cn1cccn1. The lowest BCUT2D eigenvalue weighted by molar-refractivity contribution is -0.123. The zero-order chi connectivity index (χ0) is 12.0. The summed E-state index contributed by atoms with van der Waals surface area (Å²) in [4.78, 5) is 11.5. The molecular weight excluding hydrogens is 206 g/mol. The van der Waals surface area contributed by atoms with Gasteiger partial charge < -0.3 is 10.4 Å². The Hall–Kier alpha value is -1.36. The first-order chi connectivity index (χ1) is 7.59. The highest BCUT2D eigenvalue weighted by atomic mass is 16.3. The summed E-state index contributed by atoms with van der Waals surface area (Å²) in [6.07, 6.45) is 4.62. The van der Waals surface area contributed by atoms with Crippen molar-refractivity contribution < 1.29 is 9.90 Å². The zero-order valence-electron chi connectivity index (χ0n) is 9.81. The molecule has 0 aliphatic rings. The van der Waals surface area contributed by atoms with E-state index in [0.717, 1.165) is 0 Å². The first-order valence-electron chi connectivity index (χ1n) is 5.56. The van der Waals surface area contributed by atoms with Crippen molar-refractivity contribution in [3.63, 3.8) is 0 Å². The third-order valence-corrected chi connectivity index (χ3v) is 2.80. The third kappa shape index (κ3) is 3.66. The maximum Gasteiger partial charge on any atom is 0.241 e. The number of hydrogen-bond acceptors (Lipinski definition) is 3. The number of carbonyl (C=O) groups excluding carboxylic acids is 1. The van der Waals surface area contributed by atoms with Gasteiger partial charge in [0, 0.05) is 18.9 Å². The lowest BCUT2D eigenvalue weighted by Crippen LogP contribution is -2.43. The van der Waals surface area contributed by atoms with Crippen molar-refractivity contribution in [3.05, 3.63) is 18.5 Å². The number of amides is 1. The number of carbonyl (C=O) groups is 1. The molecule has 0 aromatic carbocycles. The Balaban J connectivity index is 2.35. The summed E-state index contributed by atoms with van der Waals surface area (Å²) in [5.41, 5.74) is -0.792. The maximum absolute atomic E-state index is 11.5. The van der Waals surface area contributed by atoms with E-state index in [1.807, 2.05) is 13.8 Å². The molecule has 0 fully saturated rings. The number of hydrogen-bond donors (Lipinski definition) is 2. The van der Waals surface area contributed by atoms with Crippen LogP contribution in [0.15, 0.2) is 18.5 Å². The molecule has 0 atom stereocenters. The Morgan fingerprint density at radius 1 is 1.50 bits per heavy atom. The summed E-state index contributed by atoms with van der Waals surface area (Å²) in [5.74, 6) is -0.135. The molecule has 1 heterocycles. The number of nitrogens with one attached hydrogen (secondary N) is 1. The fraction of sp³-hybridized carbons (Fsp3) is 0.636. The number of rotatable bonds is 6. The van der Waals surface area contributed by atoms with Crippen LogP contribution in [0.5, 0.6) is 0 Å². The number of nitrogens with zero attached hydrogens (tertiary/aromatic N) is 2. The monoisotopic (exact) mass is 225 g/mol. The molecule has 1 aromatic rings. The molecule has 0 saturated heterocycles. The summed E-state index contributed by atoms with van der Waals surface area (Å²) < 4.78 is 1.55. The van der Waals surface area contributed by atoms with Crippen LogP contribution in [-0.2, 0) is 11.3 Å². The Morgan fingerprint density at radius 2 is 2.19 bits per heavy atom. The minimum atomic E-state index is -0.792. The van der Waals surface area contributed by atoms with Crippen molar-refractivity contribution in [3.8, 4) is 0 Å². The Kier molecular flexibility index (Phi) is 4.49. The molecule has 0 spiro atoms. The number of aromatic nitrogens is 2. The van der Waals surface area contributed by atoms with Gasteiger partial charge in [0.05, 0.1) is 5.60 Å². The summed E-state index contributed by atoms with van der Waals surface area (Å²) in [7, 11) is 0. The molecule has 1 rings (SSSR count). The molecule has 5 nitrogen and oxygen atoms in total. The van der Waals surface area contributed by atoms with E-state index >= 15 is 0 Å². The van der Waals surface area contributed by atoms with E-state index in [9.17, 15) is 9.90 Å². The maximum atomic E-state index is 11.5. The van der Waals surface area contributed by atoms with Gasteiger partial charge in [-0.25, -0.2) is 0 Å². The minimum Gasteiger partial charge on any atom is -0.388 e. The third-order valence-electron chi connectivity index (χ3n) is 2.80. The number of aliphatic hydroxyl groups is 1. The van der Waals surface area contributed by atoms with Gasteiger partial charge in [0.15, 0.2) is 0 Å². The molecule has 0 aliphatic heterocycles. The van der Waals surface area contributed by atoms with E-state index in [1.54, 1.807) is 23.1 Å². The second-order valence-corrected chi connectivity index (χ2v) is 3.91. The van der Waals surface area contributed by atoms with Crippen molar-refractivity contribution in [2.75, 3.05) is 6.54 Å². The van der Waals surface area contributed by atoms with Crippen LogP contribution >= 0.6 is 0 Å². The van der Waals surface area contributed by atoms with Crippen LogP contribution in [0.25, 0.3) is 0 Å². The summed E-state index contributed by atoms with van der Waals surface area (Å²) >= 11 is 0. The minimum absolute atomic E-state index is 0.135. The molecule has 0 bridgehead atoms. The van der Waals surface area contributed by atoms with E-state index in [4.69, 9.17) is 0 Å². The van der Waals surface area contributed by atoms with Crippen LogP contribution in [-0.4, -0.2) is 32.9 Å². The van der Waals surface area contributed by atoms with Gasteiger partial charge in [-0.05, 0) is 18.9 Å². The average molecular weight is 225 g/mol. The zero-order valence-corrected chi connectivity index (χ0v) is 9.81. The van der Waals surface area contributed by atoms with Crippen LogP contribution in [0.2, 0.25) is 0 Å². The van der Waals surface area contributed by atoms with Crippen molar-refractivity contribution >= 4 is 5.91 Å². The molecule has 16 heavy (non-hydrogen) atoms. The van der Waals surface area contributed by atoms with Crippen LogP contribution in [0.3, 0.4) is 0 Å². The molecule has 0 aliphatic carbocycles. The summed E-state index contributed by atoms with van der Waals surface area (Å²) in [5, 5.41) is 16.6. The first-order valence-corrected chi connectivity index (χ1v) is 5.56. The average Bonchev–Trinajstić information content (AvgIpc) is 2.79. The smallest absolute Gasteiger partial charge is 0.241 e. The molecule has 0 radical (unpaired) electrons. The molecule has 1 amide bonds. The van der Waals surface area contributed by atoms with E-state index in [-0.39, 0.29) is 12.5 Å². The molecule has 2 N–H and O–H groups in total. The standard InChI is InChI=1S/C11H19N3O2/c1-3-11(16,4-2)9-12-10(15)8-14-7-5-6-13-14/h5-7,16H,3-4,8-9H2,1-2H3,(H,12,15). The van der Waals surface area contributed by atoms with Gasteiger partial charge in [0.1, 0.15) is 6.54 Å². The van der Waals surface area contributed by atoms with Crippen molar-refractivity contribution in [2.45, 2.75) is 38.8 Å². The fourth-order valence-electron chi connectivity index (χ4n) is 1.36. The molecular formula is C11H19N3O2. The highest BCUT2D eigenvalue weighted by Gasteiger charge is 2.22. The molecule has 90 valence electrons. The molecule has 5 heteroatoms. The topological polar surface area (TPSA) is 67.2 Å². The predicted molar refractivity (Wildman–Crippen MR) is 60.8 cm³/mol. The Morgan fingerprint density at radius 3 is 2.69 bits per heavy atom. The first kappa shape index (κ1) is 12.7. The van der Waals surface area contributed by atoms with Gasteiger partial charge in [-0.3, -0.25) is 9.48 Å². The normalized spacial score (nSPS) is 11.4. The van der Waals surface area contributed by atoms with Crippen molar-refractivity contribution in [1.29, 1.82) is 0 Å². The molecule has 0 saturated carbocycles. The van der Waals surface area contributed by atoms with Gasteiger partial charge in [0.25, 0.3) is 0 Å². The summed E-state index contributed by atoms with van der Waals surface area (Å²) in [6, 6.07) is 1.77. The Bertz CT molecular complexity index is 318. The van der Waals surface area contributed by atoms with Gasteiger partial charge in [-0.15, -0.1) is 0 Å². The van der Waals surface area contributed by atoms with E-state index < -0.39 is 5.60 Å². The largest absolute Gasteiger partial charge is 0.388 e. The molecule has 0 unspecified atom stereocenters. The van der Waals surface area contributed by atoms with Gasteiger partial charge in [-0.1, -0.05) is 13.8 Å². The molecule has 1 aromatic heterocycles. The fourth-order valence-corrected chi connectivity index (χ4v) is 1.36. The highest BCUT2D eigenvalue weighted by molar-refractivity contribution is 5.75. The van der Waals surface area contributed by atoms with Crippen molar-refractivity contribution in [2.24, 2.45) is 0 Å². The van der Waals surface area contributed by atoms with Gasteiger partial charge in [0.2, 0.25) is 5.91 Å². The second-order valence-electron chi connectivity index (χ2n) is 3.91. The Labute approximate surface area is 95.5 Å².